The van der Waals surface area contributed by atoms with E-state index in [0.29, 0.717) is 43.5 Å². The molecule has 1 aliphatic heterocycles. The van der Waals surface area contributed by atoms with E-state index in [1.807, 2.05) is 32.9 Å². The summed E-state index contributed by atoms with van der Waals surface area (Å²) in [5.41, 5.74) is 2.67. The van der Waals surface area contributed by atoms with Crippen LogP contribution in [0, 0.1) is 26.7 Å². The molecule has 1 heterocycles. The Hall–Kier alpha value is -1.44. The maximum Gasteiger partial charge on any atom is 0.243 e. The predicted molar refractivity (Wildman–Crippen MR) is 115 cm³/mol. The van der Waals surface area contributed by atoms with Crippen LogP contribution in [0.1, 0.15) is 49.3 Å². The number of hydrogen-bond acceptors (Lipinski definition) is 4. The Kier molecular flexibility index (Phi) is 7.02. The Morgan fingerprint density at radius 2 is 1.62 bits per heavy atom. The first-order valence-corrected chi connectivity index (χ1v) is 12.2. The van der Waals surface area contributed by atoms with E-state index in [1.165, 1.54) is 19.3 Å². The van der Waals surface area contributed by atoms with E-state index in [0.717, 1.165) is 23.1 Å². The molecular formula is C22H35N3O3S. The summed E-state index contributed by atoms with van der Waals surface area (Å²) in [5.74, 6) is 0.598. The van der Waals surface area contributed by atoms with Crippen LogP contribution in [0.15, 0.2) is 17.0 Å². The van der Waals surface area contributed by atoms with Crippen LogP contribution in [-0.4, -0.2) is 62.3 Å². The highest BCUT2D eigenvalue weighted by Crippen LogP contribution is 2.26. The van der Waals surface area contributed by atoms with Crippen molar-refractivity contribution in [1.82, 2.24) is 14.5 Å². The molecule has 0 unspecified atom stereocenters. The quantitative estimate of drug-likeness (QED) is 0.793. The molecule has 3 rings (SSSR count). The molecule has 2 aliphatic rings. The number of carbonyl (C=O) groups excluding carboxylic acids is 1. The van der Waals surface area contributed by atoms with Crippen LogP contribution >= 0.6 is 0 Å². The lowest BCUT2D eigenvalue weighted by atomic mass is 9.86. The molecule has 1 saturated carbocycles. The number of hydrogen-bond donors (Lipinski definition) is 1. The molecule has 0 aromatic heterocycles. The number of benzene rings is 1. The number of sulfonamides is 1. The second kappa shape index (κ2) is 9.14. The van der Waals surface area contributed by atoms with Gasteiger partial charge in [-0.15, -0.1) is 0 Å². The van der Waals surface area contributed by atoms with Crippen molar-refractivity contribution >= 4 is 15.9 Å². The highest BCUT2D eigenvalue weighted by Gasteiger charge is 2.31. The largest absolute Gasteiger partial charge is 0.352 e. The summed E-state index contributed by atoms with van der Waals surface area (Å²) >= 11 is 0. The van der Waals surface area contributed by atoms with Crippen LogP contribution < -0.4 is 5.32 Å². The predicted octanol–water partition coefficient (Wildman–Crippen LogP) is 2.61. The fraction of sp³-hybridized carbons (Fsp3) is 0.682. The van der Waals surface area contributed by atoms with Gasteiger partial charge in [0, 0.05) is 32.2 Å². The summed E-state index contributed by atoms with van der Waals surface area (Å²) in [7, 11) is -3.52. The number of piperazine rings is 1. The lowest BCUT2D eigenvalue weighted by Crippen LogP contribution is -2.52. The molecule has 1 aliphatic carbocycles. The Morgan fingerprint density at radius 3 is 2.21 bits per heavy atom. The molecule has 6 nitrogen and oxygen atoms in total. The lowest BCUT2D eigenvalue weighted by Gasteiger charge is -2.35. The Morgan fingerprint density at radius 1 is 1.03 bits per heavy atom. The standard InChI is InChI=1S/C22H35N3O3S/c1-16-13-18(3)22(19(4)14-16)29(27,28)25-11-9-24(10-12-25)15-21(26)23-20-8-6-5-7-17(20)2/h13-14,17,20H,5-12,15H2,1-4H3,(H,23,26)/t17-,20+/m0/s1. The van der Waals surface area contributed by atoms with Gasteiger partial charge in [-0.25, -0.2) is 8.42 Å². The van der Waals surface area contributed by atoms with Crippen molar-refractivity contribution in [3.05, 3.63) is 28.8 Å². The van der Waals surface area contributed by atoms with Gasteiger partial charge >= 0.3 is 0 Å². The third kappa shape index (κ3) is 5.19. The summed E-state index contributed by atoms with van der Waals surface area (Å²) < 4.78 is 28.0. The summed E-state index contributed by atoms with van der Waals surface area (Å²) in [6.45, 7) is 10.3. The molecule has 1 amide bonds. The molecular weight excluding hydrogens is 386 g/mol. The van der Waals surface area contributed by atoms with E-state index in [-0.39, 0.29) is 11.9 Å². The molecule has 162 valence electrons. The molecule has 1 aromatic rings. The fourth-order valence-corrected chi connectivity index (χ4v) is 6.65. The summed E-state index contributed by atoms with van der Waals surface area (Å²) in [6, 6.07) is 4.13. The highest BCUT2D eigenvalue weighted by atomic mass is 32.2. The van der Waals surface area contributed by atoms with Crippen molar-refractivity contribution in [2.45, 2.75) is 64.3 Å². The lowest BCUT2D eigenvalue weighted by molar-refractivity contribution is -0.123. The first kappa shape index (κ1) is 22.2. The van der Waals surface area contributed by atoms with Gasteiger partial charge < -0.3 is 5.32 Å². The zero-order valence-corrected chi connectivity index (χ0v) is 19.0. The second-order valence-electron chi connectivity index (χ2n) is 8.84. The van der Waals surface area contributed by atoms with Gasteiger partial charge in [-0.3, -0.25) is 9.69 Å². The maximum atomic E-state index is 13.2. The van der Waals surface area contributed by atoms with Crippen LogP contribution in [-0.2, 0) is 14.8 Å². The van der Waals surface area contributed by atoms with Crippen LogP contribution in [0.3, 0.4) is 0 Å². The maximum absolute atomic E-state index is 13.2. The minimum atomic E-state index is -3.52. The van der Waals surface area contributed by atoms with Crippen molar-refractivity contribution in [3.8, 4) is 0 Å². The van der Waals surface area contributed by atoms with E-state index in [9.17, 15) is 13.2 Å². The van der Waals surface area contributed by atoms with Gasteiger partial charge in [-0.05, 0) is 50.7 Å². The molecule has 2 atom stereocenters. The second-order valence-corrected chi connectivity index (χ2v) is 10.7. The fourth-order valence-electron chi connectivity index (χ4n) is 4.82. The molecule has 0 radical (unpaired) electrons. The molecule has 7 heteroatoms. The summed E-state index contributed by atoms with van der Waals surface area (Å²) in [6.07, 6.45) is 4.68. The average molecular weight is 422 g/mol. The van der Waals surface area contributed by atoms with E-state index in [2.05, 4.69) is 17.1 Å². The zero-order valence-electron chi connectivity index (χ0n) is 18.2. The van der Waals surface area contributed by atoms with Crippen molar-refractivity contribution in [3.63, 3.8) is 0 Å². The molecule has 1 N–H and O–H groups in total. The summed E-state index contributed by atoms with van der Waals surface area (Å²) in [4.78, 5) is 15.0. The monoisotopic (exact) mass is 421 g/mol. The van der Waals surface area contributed by atoms with Crippen molar-refractivity contribution in [1.29, 1.82) is 0 Å². The van der Waals surface area contributed by atoms with E-state index in [1.54, 1.807) is 4.31 Å². The van der Waals surface area contributed by atoms with Gasteiger partial charge in [0.1, 0.15) is 0 Å². The Balaban J connectivity index is 1.57. The van der Waals surface area contributed by atoms with Crippen molar-refractivity contribution in [2.24, 2.45) is 5.92 Å². The summed E-state index contributed by atoms with van der Waals surface area (Å²) in [5, 5.41) is 3.19. The molecule has 29 heavy (non-hydrogen) atoms. The van der Waals surface area contributed by atoms with E-state index in [4.69, 9.17) is 0 Å². The van der Waals surface area contributed by atoms with Crippen LogP contribution in [0.2, 0.25) is 0 Å². The van der Waals surface area contributed by atoms with Gasteiger partial charge in [0.25, 0.3) is 0 Å². The van der Waals surface area contributed by atoms with Gasteiger partial charge in [0.15, 0.2) is 0 Å². The molecule has 2 fully saturated rings. The third-order valence-electron chi connectivity index (χ3n) is 6.36. The van der Waals surface area contributed by atoms with Gasteiger partial charge in [0.05, 0.1) is 11.4 Å². The number of amides is 1. The minimum Gasteiger partial charge on any atom is -0.352 e. The number of nitrogens with one attached hydrogen (secondary N) is 1. The van der Waals surface area contributed by atoms with Crippen molar-refractivity contribution < 1.29 is 13.2 Å². The van der Waals surface area contributed by atoms with Crippen molar-refractivity contribution in [2.75, 3.05) is 32.7 Å². The SMILES string of the molecule is Cc1cc(C)c(S(=O)(=O)N2CCN(CC(=O)N[C@@H]3CCCC[C@@H]3C)CC2)c(C)c1. The minimum absolute atomic E-state index is 0.0604. The molecule has 1 saturated heterocycles. The first-order chi connectivity index (χ1) is 13.7. The number of nitrogens with zero attached hydrogens (tertiary/aromatic N) is 2. The molecule has 0 bridgehead atoms. The number of carbonyl (C=O) groups is 1. The average Bonchev–Trinajstić information content (AvgIpc) is 2.63. The van der Waals surface area contributed by atoms with Gasteiger partial charge in [0.2, 0.25) is 15.9 Å². The molecule has 1 aromatic carbocycles. The number of aryl methyl sites for hydroxylation is 3. The van der Waals surface area contributed by atoms with E-state index >= 15 is 0 Å². The van der Waals surface area contributed by atoms with Gasteiger partial charge in [-0.1, -0.05) is 37.5 Å². The normalized spacial score (nSPS) is 24.4. The number of rotatable bonds is 5. The van der Waals surface area contributed by atoms with Crippen LogP contribution in [0.4, 0.5) is 0 Å². The van der Waals surface area contributed by atoms with E-state index < -0.39 is 10.0 Å². The topological polar surface area (TPSA) is 69.7 Å². The Labute approximate surface area is 175 Å². The smallest absolute Gasteiger partial charge is 0.243 e. The Bertz CT molecular complexity index is 822. The zero-order chi connectivity index (χ0) is 21.2. The molecule has 0 spiro atoms. The first-order valence-electron chi connectivity index (χ1n) is 10.8. The van der Waals surface area contributed by atoms with Crippen LogP contribution in [0.5, 0.6) is 0 Å². The van der Waals surface area contributed by atoms with Gasteiger partial charge in [-0.2, -0.15) is 4.31 Å². The highest BCUT2D eigenvalue weighted by molar-refractivity contribution is 7.89. The van der Waals surface area contributed by atoms with Crippen LogP contribution in [0.25, 0.3) is 0 Å². The third-order valence-corrected chi connectivity index (χ3v) is 8.56.